The van der Waals surface area contributed by atoms with Crippen molar-refractivity contribution < 1.29 is 19.5 Å². The zero-order chi connectivity index (χ0) is 25.9. The van der Waals surface area contributed by atoms with Crippen molar-refractivity contribution in [3.8, 4) is 0 Å². The molecular weight excluding hydrogens is 508 g/mol. The van der Waals surface area contributed by atoms with E-state index in [1.807, 2.05) is 18.2 Å². The molecule has 0 unspecified atom stereocenters. The van der Waals surface area contributed by atoms with E-state index in [1.54, 1.807) is 23.5 Å². The average Bonchev–Trinajstić information content (AvgIpc) is 3.57. The summed E-state index contributed by atoms with van der Waals surface area (Å²) >= 11 is 3.21. The first-order chi connectivity index (χ1) is 17.9. The van der Waals surface area contributed by atoms with Crippen LogP contribution in [0.15, 0.2) is 36.4 Å². The largest absolute Gasteiger partial charge is 0.480 e. The number of hydrogen-bond donors (Lipinski definition) is 5. The molecule has 1 amide bonds. The van der Waals surface area contributed by atoms with Crippen LogP contribution >= 0.6 is 22.7 Å². The third kappa shape index (κ3) is 5.71. The zero-order valence-electron chi connectivity index (χ0n) is 20.3. The fourth-order valence-corrected chi connectivity index (χ4v) is 7.37. The van der Waals surface area contributed by atoms with Crippen molar-refractivity contribution in [3.63, 3.8) is 0 Å². The number of aryl methyl sites for hydroxylation is 1. The quantitative estimate of drug-likeness (QED) is 0.184. The smallest absolute Gasteiger partial charge is 0.326 e. The Morgan fingerprint density at radius 2 is 1.92 bits per heavy atom. The highest BCUT2D eigenvalue weighted by atomic mass is 32.2. The fraction of sp³-hybridized carbons (Fsp3) is 0.370. The summed E-state index contributed by atoms with van der Waals surface area (Å²) < 4.78 is 1.13. The van der Waals surface area contributed by atoms with E-state index in [2.05, 4.69) is 21.7 Å². The molecule has 194 valence electrons. The molecule has 4 heterocycles. The van der Waals surface area contributed by atoms with E-state index in [4.69, 9.17) is 5.73 Å². The number of carboxylic acid groups (broad SMARTS) is 1. The topological polar surface area (TPSA) is 137 Å². The number of carbonyl (C=O) groups excluding carboxylic acids is 2. The van der Waals surface area contributed by atoms with Crippen LogP contribution in [0.1, 0.15) is 57.1 Å². The van der Waals surface area contributed by atoms with Crippen LogP contribution < -0.4 is 16.4 Å². The van der Waals surface area contributed by atoms with Crippen molar-refractivity contribution >= 4 is 66.3 Å². The second-order valence-electron chi connectivity index (χ2n) is 9.58. The molecule has 4 aromatic rings. The maximum Gasteiger partial charge on any atom is 0.326 e. The van der Waals surface area contributed by atoms with Gasteiger partial charge in [-0.25, -0.2) is 4.79 Å². The van der Waals surface area contributed by atoms with Crippen LogP contribution in [0.4, 0.5) is 5.69 Å². The average molecular weight is 539 g/mol. The molecule has 5 rings (SSSR count). The number of H-pyrrole nitrogens is 1. The van der Waals surface area contributed by atoms with Gasteiger partial charge in [-0.3, -0.25) is 9.59 Å². The summed E-state index contributed by atoms with van der Waals surface area (Å²) in [5.41, 5.74) is 7.17. The maximum absolute atomic E-state index is 12.9. The Labute approximate surface area is 222 Å². The van der Waals surface area contributed by atoms with Gasteiger partial charge in [0.1, 0.15) is 11.7 Å². The number of nitrogens with two attached hydrogens (primary N) is 1. The lowest BCUT2D eigenvalue weighted by atomic mass is 9.93. The number of fused-ring (bicyclic) bond motifs is 2. The number of rotatable bonds is 10. The van der Waals surface area contributed by atoms with Crippen LogP contribution in [-0.2, 0) is 11.2 Å². The van der Waals surface area contributed by atoms with Crippen molar-refractivity contribution in [3.05, 3.63) is 51.8 Å². The number of hydrogen-bond acceptors (Lipinski definition) is 7. The summed E-state index contributed by atoms with van der Waals surface area (Å²) in [6, 6.07) is 10.1. The van der Waals surface area contributed by atoms with Gasteiger partial charge in [0.25, 0.3) is 5.91 Å². The molecule has 0 saturated carbocycles. The normalized spacial score (nSPS) is 15.2. The van der Waals surface area contributed by atoms with Gasteiger partial charge >= 0.3 is 5.97 Å². The Morgan fingerprint density at radius 3 is 2.65 bits per heavy atom. The molecule has 1 aliphatic rings. The summed E-state index contributed by atoms with van der Waals surface area (Å²) in [6.45, 7) is 2.22. The monoisotopic (exact) mass is 538 g/mol. The Hall–Kier alpha value is -3.21. The summed E-state index contributed by atoms with van der Waals surface area (Å²) in [7, 11) is 0. The standard InChI is InChI=1S/C27H30N4O4S2/c28-23-18-3-1-2-4-19(18)30-24(23)25(33)31-20(26(34)35)7-8-21(32)22-14-16-13-17(36-27(16)37-22)6-5-15-9-11-29-12-10-15/h1-4,13-15,20,29-30H,5-12,28H2,(H,31,33)(H,34,35)/t20-/m0/s1. The van der Waals surface area contributed by atoms with Crippen molar-refractivity contribution in [1.82, 2.24) is 15.6 Å². The molecule has 8 nitrogen and oxygen atoms in total. The number of nitrogen functional groups attached to an aromatic ring is 1. The van der Waals surface area contributed by atoms with Crippen LogP contribution in [0.3, 0.4) is 0 Å². The molecule has 1 atom stereocenters. The molecule has 1 aliphatic heterocycles. The van der Waals surface area contributed by atoms with Gasteiger partial charge in [-0.1, -0.05) is 18.2 Å². The van der Waals surface area contributed by atoms with E-state index in [-0.39, 0.29) is 30.0 Å². The number of para-hydroxylation sites is 1. The molecule has 37 heavy (non-hydrogen) atoms. The predicted molar refractivity (Wildman–Crippen MR) is 149 cm³/mol. The zero-order valence-corrected chi connectivity index (χ0v) is 22.0. The number of carboxylic acids is 1. The number of nitrogens with one attached hydrogen (secondary N) is 3. The minimum Gasteiger partial charge on any atom is -0.480 e. The van der Waals surface area contributed by atoms with Crippen molar-refractivity contribution in [2.24, 2.45) is 5.92 Å². The molecule has 0 aliphatic carbocycles. The van der Waals surface area contributed by atoms with Crippen LogP contribution in [0.2, 0.25) is 0 Å². The first-order valence-electron chi connectivity index (χ1n) is 12.5. The number of carbonyl (C=O) groups is 3. The molecule has 1 aromatic carbocycles. The number of amides is 1. The van der Waals surface area contributed by atoms with Gasteiger partial charge < -0.3 is 26.5 Å². The highest BCUT2D eigenvalue weighted by molar-refractivity contribution is 7.39. The molecule has 10 heteroatoms. The summed E-state index contributed by atoms with van der Waals surface area (Å²) in [5, 5.41) is 17.3. The Kier molecular flexibility index (Phi) is 7.59. The van der Waals surface area contributed by atoms with Crippen molar-refractivity contribution in [2.75, 3.05) is 18.8 Å². The highest BCUT2D eigenvalue weighted by Crippen LogP contribution is 2.35. The number of anilines is 1. The van der Waals surface area contributed by atoms with Gasteiger partial charge in [-0.2, -0.15) is 0 Å². The van der Waals surface area contributed by atoms with Gasteiger partial charge in [-0.05, 0) is 69.3 Å². The summed E-state index contributed by atoms with van der Waals surface area (Å²) in [4.78, 5) is 42.4. The number of aromatic nitrogens is 1. The van der Waals surface area contributed by atoms with Gasteiger partial charge in [0.2, 0.25) is 0 Å². The van der Waals surface area contributed by atoms with E-state index >= 15 is 0 Å². The maximum atomic E-state index is 12.9. The molecule has 6 N–H and O–H groups in total. The number of piperidine rings is 1. The lowest BCUT2D eigenvalue weighted by molar-refractivity contribution is -0.139. The Bertz CT molecular complexity index is 1420. The minimum atomic E-state index is -1.20. The number of aromatic amines is 1. The molecule has 0 spiro atoms. The van der Waals surface area contributed by atoms with Crippen molar-refractivity contribution in [1.29, 1.82) is 0 Å². The summed E-state index contributed by atoms with van der Waals surface area (Å²) in [5.74, 6) is -1.13. The van der Waals surface area contributed by atoms with Crippen LogP contribution in [0, 0.1) is 5.92 Å². The number of benzene rings is 1. The predicted octanol–water partition coefficient (Wildman–Crippen LogP) is 4.80. The van der Waals surface area contributed by atoms with Gasteiger partial charge in [0.05, 0.1) is 14.6 Å². The van der Waals surface area contributed by atoms with E-state index < -0.39 is 17.9 Å². The number of Topliss-reactive ketones (excluding diaryl/α,β-unsaturated/α-hetero) is 1. The van der Waals surface area contributed by atoms with E-state index in [1.165, 1.54) is 35.5 Å². The first kappa shape index (κ1) is 25.4. The second-order valence-corrected chi connectivity index (χ2v) is 12.0. The Balaban J connectivity index is 1.18. The SMILES string of the molecule is Nc1c(C(=O)N[C@@H](CCC(=O)c2cc3cc(CCC4CCNCC4)sc3s2)C(=O)O)[nH]c2ccccc12. The molecule has 1 fully saturated rings. The second kappa shape index (κ2) is 11.0. The van der Waals surface area contributed by atoms with E-state index in [9.17, 15) is 19.5 Å². The number of thiophene rings is 2. The lowest BCUT2D eigenvalue weighted by Gasteiger charge is -2.22. The van der Waals surface area contributed by atoms with Crippen LogP contribution in [0.25, 0.3) is 20.3 Å². The third-order valence-electron chi connectivity index (χ3n) is 7.03. The fourth-order valence-electron chi connectivity index (χ4n) is 4.90. The molecule has 1 saturated heterocycles. The van der Waals surface area contributed by atoms with Crippen molar-refractivity contribution in [2.45, 2.75) is 44.6 Å². The Morgan fingerprint density at radius 1 is 1.14 bits per heavy atom. The van der Waals surface area contributed by atoms with E-state index in [0.29, 0.717) is 15.8 Å². The molecule has 3 aromatic heterocycles. The van der Waals surface area contributed by atoms with Crippen LogP contribution in [0.5, 0.6) is 0 Å². The molecule has 0 radical (unpaired) electrons. The van der Waals surface area contributed by atoms with Crippen LogP contribution in [-0.4, -0.2) is 46.9 Å². The van der Waals surface area contributed by atoms with Gasteiger partial charge in [0.15, 0.2) is 5.78 Å². The first-order valence-corrected chi connectivity index (χ1v) is 14.2. The summed E-state index contributed by atoms with van der Waals surface area (Å²) in [6.07, 6.45) is 4.77. The van der Waals surface area contributed by atoms with Gasteiger partial charge in [-0.15, -0.1) is 22.7 Å². The lowest BCUT2D eigenvalue weighted by Crippen LogP contribution is -2.41. The minimum absolute atomic E-state index is 0.00686. The number of aliphatic carboxylic acids is 1. The third-order valence-corrected chi connectivity index (χ3v) is 9.53. The van der Waals surface area contributed by atoms with E-state index in [0.717, 1.165) is 34.8 Å². The molecule has 0 bridgehead atoms. The molecular formula is C27H30N4O4S2. The van der Waals surface area contributed by atoms with Gasteiger partial charge in [0, 0.05) is 27.6 Å². The highest BCUT2D eigenvalue weighted by Gasteiger charge is 2.25. The number of ketones is 1.